The second kappa shape index (κ2) is 3.84. The molecule has 3 N–H and O–H groups in total. The summed E-state index contributed by atoms with van der Waals surface area (Å²) in [6.45, 7) is 0.0328. The number of halogens is 1. The fourth-order valence-electron chi connectivity index (χ4n) is 1.99. The minimum absolute atomic E-state index is 0.0141. The zero-order valence-electron chi connectivity index (χ0n) is 8.52. The lowest BCUT2D eigenvalue weighted by Crippen LogP contribution is -2.47. The first kappa shape index (κ1) is 11.0. The predicted molar refractivity (Wildman–Crippen MR) is 54.2 cm³/mol. The molecule has 16 heavy (non-hydrogen) atoms. The topological polar surface area (TPSA) is 72.5 Å². The Morgan fingerprint density at radius 3 is 2.88 bits per heavy atom. The van der Waals surface area contributed by atoms with E-state index in [1.807, 2.05) is 0 Å². The molecule has 0 aromatic heterocycles. The van der Waals surface area contributed by atoms with Gasteiger partial charge in [0.15, 0.2) is 0 Å². The van der Waals surface area contributed by atoms with Crippen molar-refractivity contribution in [1.29, 1.82) is 0 Å². The highest BCUT2D eigenvalue weighted by molar-refractivity contribution is 5.73. The maximum atomic E-state index is 13.6. The minimum Gasteiger partial charge on any atom is -0.481 e. The van der Waals surface area contributed by atoms with Gasteiger partial charge in [0.1, 0.15) is 11.7 Å². The molecule has 0 spiro atoms. The largest absolute Gasteiger partial charge is 0.481 e. The van der Waals surface area contributed by atoms with Gasteiger partial charge in [0.25, 0.3) is 0 Å². The fourth-order valence-corrected chi connectivity index (χ4v) is 1.99. The molecular formula is C11H12FNO3. The van der Waals surface area contributed by atoms with Crippen LogP contribution in [0, 0.1) is 11.7 Å². The van der Waals surface area contributed by atoms with Crippen molar-refractivity contribution in [2.45, 2.75) is 5.54 Å². The highest BCUT2D eigenvalue weighted by Crippen LogP contribution is 2.34. The number of hydrogen-bond donors (Lipinski definition) is 2. The van der Waals surface area contributed by atoms with Crippen molar-refractivity contribution in [2.75, 3.05) is 13.2 Å². The van der Waals surface area contributed by atoms with E-state index in [0.717, 1.165) is 0 Å². The molecule has 1 saturated heterocycles. The molecule has 1 fully saturated rings. The SMILES string of the molecule is NC1(c2ccccc2F)COCC1C(=O)O. The van der Waals surface area contributed by atoms with Gasteiger partial charge in [0.05, 0.1) is 18.8 Å². The van der Waals surface area contributed by atoms with E-state index in [1.54, 1.807) is 6.07 Å². The maximum absolute atomic E-state index is 13.6. The average molecular weight is 225 g/mol. The van der Waals surface area contributed by atoms with Gasteiger partial charge in [-0.05, 0) is 6.07 Å². The third-order valence-electron chi connectivity index (χ3n) is 2.92. The lowest BCUT2D eigenvalue weighted by molar-refractivity contribution is -0.143. The molecule has 0 saturated carbocycles. The highest BCUT2D eigenvalue weighted by atomic mass is 19.1. The first-order valence-corrected chi connectivity index (χ1v) is 4.90. The zero-order chi connectivity index (χ0) is 11.8. The van der Waals surface area contributed by atoms with Crippen molar-refractivity contribution in [3.05, 3.63) is 35.6 Å². The number of nitrogens with two attached hydrogens (primary N) is 1. The van der Waals surface area contributed by atoms with Gasteiger partial charge >= 0.3 is 5.97 Å². The van der Waals surface area contributed by atoms with Crippen molar-refractivity contribution in [2.24, 2.45) is 11.7 Å². The number of carboxylic acids is 1. The molecule has 2 rings (SSSR count). The number of benzene rings is 1. The van der Waals surface area contributed by atoms with Gasteiger partial charge in [0, 0.05) is 5.56 Å². The molecule has 1 aliphatic heterocycles. The van der Waals surface area contributed by atoms with Crippen LogP contribution in [0.4, 0.5) is 4.39 Å². The third-order valence-corrected chi connectivity index (χ3v) is 2.92. The molecule has 2 unspecified atom stereocenters. The molecular weight excluding hydrogens is 213 g/mol. The summed E-state index contributed by atoms with van der Waals surface area (Å²) in [5.74, 6) is -2.48. The number of carboxylic acid groups (broad SMARTS) is 1. The smallest absolute Gasteiger partial charge is 0.311 e. The van der Waals surface area contributed by atoms with Crippen molar-refractivity contribution >= 4 is 5.97 Å². The van der Waals surface area contributed by atoms with E-state index in [-0.39, 0.29) is 18.8 Å². The Labute approximate surface area is 91.8 Å². The van der Waals surface area contributed by atoms with Crippen LogP contribution in [0.25, 0.3) is 0 Å². The Kier molecular flexibility index (Phi) is 2.65. The van der Waals surface area contributed by atoms with Gasteiger partial charge < -0.3 is 15.6 Å². The molecule has 5 heteroatoms. The van der Waals surface area contributed by atoms with E-state index in [4.69, 9.17) is 15.6 Å². The Balaban J connectivity index is 2.45. The van der Waals surface area contributed by atoms with Crippen LogP contribution in [0.5, 0.6) is 0 Å². The van der Waals surface area contributed by atoms with Gasteiger partial charge in [-0.1, -0.05) is 18.2 Å². The second-order valence-electron chi connectivity index (χ2n) is 3.93. The Morgan fingerprint density at radius 1 is 1.56 bits per heavy atom. The minimum atomic E-state index is -1.28. The predicted octanol–water partition coefficient (Wildman–Crippen LogP) is 0.711. The van der Waals surface area contributed by atoms with Crippen molar-refractivity contribution in [1.82, 2.24) is 0 Å². The van der Waals surface area contributed by atoms with Gasteiger partial charge in [-0.2, -0.15) is 0 Å². The number of carbonyl (C=O) groups is 1. The summed E-state index contributed by atoms with van der Waals surface area (Å²) in [5.41, 5.74) is 4.89. The molecule has 0 aliphatic carbocycles. The van der Waals surface area contributed by atoms with Crippen LogP contribution in [0.2, 0.25) is 0 Å². The number of aliphatic carboxylic acids is 1. The van der Waals surface area contributed by atoms with E-state index >= 15 is 0 Å². The van der Waals surface area contributed by atoms with Crippen LogP contribution in [0.15, 0.2) is 24.3 Å². The molecule has 86 valence electrons. The quantitative estimate of drug-likeness (QED) is 0.777. The lowest BCUT2D eigenvalue weighted by Gasteiger charge is -2.27. The first-order chi connectivity index (χ1) is 7.55. The standard InChI is InChI=1S/C11H12FNO3/c12-9-4-2-1-3-7(9)11(13)6-16-5-8(11)10(14)15/h1-4,8H,5-6,13H2,(H,14,15). The Hall–Kier alpha value is -1.46. The van der Waals surface area contributed by atoms with Gasteiger partial charge in [-0.15, -0.1) is 0 Å². The van der Waals surface area contributed by atoms with Crippen LogP contribution in [0.3, 0.4) is 0 Å². The highest BCUT2D eigenvalue weighted by Gasteiger charge is 2.47. The van der Waals surface area contributed by atoms with Crippen LogP contribution in [-0.4, -0.2) is 24.3 Å². The van der Waals surface area contributed by atoms with Gasteiger partial charge in [-0.3, -0.25) is 4.79 Å². The summed E-state index contributed by atoms with van der Waals surface area (Å²) in [7, 11) is 0. The van der Waals surface area contributed by atoms with E-state index in [1.165, 1.54) is 18.2 Å². The van der Waals surface area contributed by atoms with E-state index in [9.17, 15) is 9.18 Å². The lowest BCUT2D eigenvalue weighted by atomic mass is 9.81. The van der Waals surface area contributed by atoms with E-state index in [2.05, 4.69) is 0 Å². The molecule has 1 heterocycles. The van der Waals surface area contributed by atoms with Crippen LogP contribution < -0.4 is 5.73 Å². The molecule has 0 amide bonds. The zero-order valence-corrected chi connectivity index (χ0v) is 8.52. The molecule has 2 atom stereocenters. The molecule has 1 aliphatic rings. The van der Waals surface area contributed by atoms with Crippen LogP contribution >= 0.6 is 0 Å². The number of hydrogen-bond acceptors (Lipinski definition) is 3. The maximum Gasteiger partial charge on any atom is 0.311 e. The second-order valence-corrected chi connectivity index (χ2v) is 3.93. The Bertz CT molecular complexity index is 423. The van der Waals surface area contributed by atoms with E-state index < -0.39 is 23.2 Å². The number of ether oxygens (including phenoxy) is 1. The Morgan fingerprint density at radius 2 is 2.25 bits per heavy atom. The number of rotatable bonds is 2. The van der Waals surface area contributed by atoms with Gasteiger partial charge in [-0.25, -0.2) is 4.39 Å². The summed E-state index contributed by atoms with van der Waals surface area (Å²) in [5, 5.41) is 9.02. The molecule has 0 bridgehead atoms. The molecule has 0 radical (unpaired) electrons. The van der Waals surface area contributed by atoms with Crippen LogP contribution in [0.1, 0.15) is 5.56 Å². The summed E-state index contributed by atoms with van der Waals surface area (Å²) in [6, 6.07) is 5.93. The van der Waals surface area contributed by atoms with Crippen molar-refractivity contribution < 1.29 is 19.0 Å². The van der Waals surface area contributed by atoms with Crippen LogP contribution in [-0.2, 0) is 15.1 Å². The molecule has 4 nitrogen and oxygen atoms in total. The summed E-state index contributed by atoms with van der Waals surface area (Å²) in [6.07, 6.45) is 0. The summed E-state index contributed by atoms with van der Waals surface area (Å²) >= 11 is 0. The monoisotopic (exact) mass is 225 g/mol. The summed E-state index contributed by atoms with van der Waals surface area (Å²) in [4.78, 5) is 11.0. The van der Waals surface area contributed by atoms with Gasteiger partial charge in [0.2, 0.25) is 0 Å². The van der Waals surface area contributed by atoms with Crippen molar-refractivity contribution in [3.63, 3.8) is 0 Å². The first-order valence-electron chi connectivity index (χ1n) is 4.90. The average Bonchev–Trinajstić information content (AvgIpc) is 2.62. The normalized spacial score (nSPS) is 29.2. The third kappa shape index (κ3) is 1.58. The molecule has 1 aromatic rings. The molecule has 1 aromatic carbocycles. The summed E-state index contributed by atoms with van der Waals surface area (Å²) < 4.78 is 18.7. The van der Waals surface area contributed by atoms with E-state index in [0.29, 0.717) is 0 Å². The van der Waals surface area contributed by atoms with Crippen molar-refractivity contribution in [3.8, 4) is 0 Å². The fraction of sp³-hybridized carbons (Fsp3) is 0.364.